The molecule has 1 saturated heterocycles. The summed E-state index contributed by atoms with van der Waals surface area (Å²) in [5.41, 5.74) is 1.27. The molecule has 1 atom stereocenters. The maximum absolute atomic E-state index is 6.08. The molecule has 1 aliphatic rings. The van der Waals surface area contributed by atoms with Crippen LogP contribution in [0.4, 0.5) is 0 Å². The molecule has 2 rings (SSSR count). The topological polar surface area (TPSA) is 15.3 Å². The Morgan fingerprint density at radius 1 is 1.42 bits per heavy atom. The molecular weight excluding hydrogens is 324 g/mol. The molecule has 4 heteroatoms. The molecule has 0 aliphatic carbocycles. The van der Waals surface area contributed by atoms with Gasteiger partial charge in [0.05, 0.1) is 0 Å². The number of rotatable bonds is 5. The molecule has 0 spiro atoms. The Morgan fingerprint density at radius 2 is 2.26 bits per heavy atom. The van der Waals surface area contributed by atoms with Crippen LogP contribution in [0.3, 0.4) is 0 Å². The van der Waals surface area contributed by atoms with Crippen LogP contribution in [0.1, 0.15) is 31.7 Å². The zero-order chi connectivity index (χ0) is 13.7. The molecule has 1 N–H and O–H groups in total. The lowest BCUT2D eigenvalue weighted by Crippen LogP contribution is -2.43. The fourth-order valence-electron chi connectivity index (χ4n) is 2.60. The molecule has 0 radical (unpaired) electrons. The first-order valence-corrected chi connectivity index (χ1v) is 8.26. The van der Waals surface area contributed by atoms with Gasteiger partial charge in [-0.25, -0.2) is 0 Å². The van der Waals surface area contributed by atoms with Crippen molar-refractivity contribution in [2.75, 3.05) is 19.6 Å². The summed E-state index contributed by atoms with van der Waals surface area (Å²) < 4.78 is 1.15. The predicted octanol–water partition coefficient (Wildman–Crippen LogP) is 4.07. The third-order valence-corrected chi connectivity index (χ3v) is 4.75. The largest absolute Gasteiger partial charge is 0.313 e. The Hall–Kier alpha value is -0.0900. The Kier molecular flexibility index (Phi) is 6.14. The summed E-state index contributed by atoms with van der Waals surface area (Å²) in [5.74, 6) is 0. The summed E-state index contributed by atoms with van der Waals surface area (Å²) in [6, 6.07) is 6.66. The number of likely N-dealkylation sites (N-methyl/N-ethyl adjacent to an activating group) is 1. The predicted molar refractivity (Wildman–Crippen MR) is 85.7 cm³/mol. The van der Waals surface area contributed by atoms with Crippen LogP contribution in [0.25, 0.3) is 0 Å². The van der Waals surface area contributed by atoms with E-state index in [2.05, 4.69) is 39.1 Å². The minimum absolute atomic E-state index is 0.645. The van der Waals surface area contributed by atoms with Gasteiger partial charge in [-0.05, 0) is 49.7 Å². The molecule has 1 heterocycles. The van der Waals surface area contributed by atoms with Crippen LogP contribution in [0.5, 0.6) is 0 Å². The summed E-state index contributed by atoms with van der Waals surface area (Å²) >= 11 is 9.70. The Bertz CT molecular complexity index is 405. The first kappa shape index (κ1) is 15.3. The average molecular weight is 346 g/mol. The summed E-state index contributed by atoms with van der Waals surface area (Å²) in [6.45, 7) is 6.53. The van der Waals surface area contributed by atoms with E-state index in [9.17, 15) is 0 Å². The van der Waals surface area contributed by atoms with E-state index in [0.717, 1.165) is 29.1 Å². The molecule has 1 unspecified atom stereocenters. The van der Waals surface area contributed by atoms with Crippen LogP contribution in [-0.4, -0.2) is 30.6 Å². The second kappa shape index (κ2) is 7.63. The van der Waals surface area contributed by atoms with Crippen LogP contribution in [0.15, 0.2) is 22.7 Å². The highest BCUT2D eigenvalue weighted by molar-refractivity contribution is 9.10. The second-order valence-electron chi connectivity index (χ2n) is 5.21. The molecule has 106 valence electrons. The Labute approximate surface area is 129 Å². The molecule has 0 saturated carbocycles. The average Bonchev–Trinajstić information content (AvgIpc) is 2.43. The second-order valence-corrected chi connectivity index (χ2v) is 6.50. The van der Waals surface area contributed by atoms with Gasteiger partial charge in [0.1, 0.15) is 0 Å². The van der Waals surface area contributed by atoms with Gasteiger partial charge in [-0.15, -0.1) is 0 Å². The number of benzene rings is 1. The van der Waals surface area contributed by atoms with Gasteiger partial charge < -0.3 is 5.32 Å². The molecule has 0 aromatic heterocycles. The summed E-state index contributed by atoms with van der Waals surface area (Å²) in [5, 5.41) is 4.43. The van der Waals surface area contributed by atoms with Gasteiger partial charge in [-0.1, -0.05) is 40.9 Å². The lowest BCUT2D eigenvalue weighted by atomic mass is 10.0. The van der Waals surface area contributed by atoms with Gasteiger partial charge in [0.2, 0.25) is 0 Å². The zero-order valence-electron chi connectivity index (χ0n) is 11.5. The maximum Gasteiger partial charge on any atom is 0.0410 e. The number of nitrogens with one attached hydrogen (secondary N) is 1. The molecule has 1 aromatic rings. The van der Waals surface area contributed by atoms with E-state index in [1.807, 2.05) is 12.1 Å². The van der Waals surface area contributed by atoms with E-state index in [4.69, 9.17) is 11.6 Å². The van der Waals surface area contributed by atoms with Gasteiger partial charge in [0.25, 0.3) is 0 Å². The van der Waals surface area contributed by atoms with Gasteiger partial charge in [-0.2, -0.15) is 0 Å². The number of hydrogen-bond donors (Lipinski definition) is 1. The minimum atomic E-state index is 0.645. The number of nitrogens with zero attached hydrogens (tertiary/aromatic N) is 1. The lowest BCUT2D eigenvalue weighted by molar-refractivity contribution is 0.226. The summed E-state index contributed by atoms with van der Waals surface area (Å²) in [6.07, 6.45) is 3.98. The fraction of sp³-hybridized carbons (Fsp3) is 0.600. The van der Waals surface area contributed by atoms with Crippen LogP contribution in [0.2, 0.25) is 5.02 Å². The third-order valence-electron chi connectivity index (χ3n) is 3.74. The summed E-state index contributed by atoms with van der Waals surface area (Å²) in [7, 11) is 0. The van der Waals surface area contributed by atoms with E-state index in [-0.39, 0.29) is 0 Å². The van der Waals surface area contributed by atoms with Gasteiger partial charge >= 0.3 is 0 Å². The first-order valence-electron chi connectivity index (χ1n) is 7.08. The van der Waals surface area contributed by atoms with Crippen molar-refractivity contribution in [2.45, 2.75) is 38.8 Å². The number of piperidine rings is 1. The van der Waals surface area contributed by atoms with Crippen molar-refractivity contribution in [2.24, 2.45) is 0 Å². The van der Waals surface area contributed by atoms with Crippen LogP contribution in [0, 0.1) is 0 Å². The van der Waals surface area contributed by atoms with Gasteiger partial charge in [0.15, 0.2) is 0 Å². The highest BCUT2D eigenvalue weighted by Crippen LogP contribution is 2.23. The monoisotopic (exact) mass is 344 g/mol. The lowest BCUT2D eigenvalue weighted by Gasteiger charge is -2.30. The quantitative estimate of drug-likeness (QED) is 0.865. The standard InChI is InChI=1S/C15H22BrClN2/c1-2-19(11-14-5-3-4-8-18-14)10-12-9-13(17)6-7-15(12)16/h6-7,9,14,18H,2-5,8,10-11H2,1H3. The van der Waals surface area contributed by atoms with E-state index < -0.39 is 0 Å². The van der Waals surface area contributed by atoms with E-state index in [1.54, 1.807) is 0 Å². The summed E-state index contributed by atoms with van der Waals surface area (Å²) in [4.78, 5) is 2.49. The number of hydrogen-bond acceptors (Lipinski definition) is 2. The maximum atomic E-state index is 6.08. The Balaban J connectivity index is 1.95. The van der Waals surface area contributed by atoms with E-state index in [1.165, 1.54) is 31.4 Å². The molecule has 0 bridgehead atoms. The normalized spacial score (nSPS) is 19.9. The smallest absolute Gasteiger partial charge is 0.0410 e. The van der Waals surface area contributed by atoms with Crippen LogP contribution >= 0.6 is 27.5 Å². The SMILES string of the molecule is CCN(Cc1cc(Cl)ccc1Br)CC1CCCCN1. The molecule has 0 amide bonds. The van der Waals surface area contributed by atoms with Crippen molar-refractivity contribution in [1.82, 2.24) is 10.2 Å². The number of halogens is 2. The minimum Gasteiger partial charge on any atom is -0.313 e. The molecule has 1 aromatic carbocycles. The third kappa shape index (κ3) is 4.75. The Morgan fingerprint density at radius 3 is 2.95 bits per heavy atom. The van der Waals surface area contributed by atoms with Gasteiger partial charge in [0, 0.05) is 28.6 Å². The highest BCUT2D eigenvalue weighted by Gasteiger charge is 2.16. The van der Waals surface area contributed by atoms with Crippen molar-refractivity contribution in [1.29, 1.82) is 0 Å². The molecule has 2 nitrogen and oxygen atoms in total. The van der Waals surface area contributed by atoms with Crippen molar-refractivity contribution < 1.29 is 0 Å². The molecule has 1 aliphatic heterocycles. The van der Waals surface area contributed by atoms with Gasteiger partial charge in [-0.3, -0.25) is 4.90 Å². The van der Waals surface area contributed by atoms with Crippen molar-refractivity contribution in [3.8, 4) is 0 Å². The van der Waals surface area contributed by atoms with Crippen LogP contribution < -0.4 is 5.32 Å². The van der Waals surface area contributed by atoms with Crippen molar-refractivity contribution in [3.63, 3.8) is 0 Å². The van der Waals surface area contributed by atoms with Crippen molar-refractivity contribution in [3.05, 3.63) is 33.3 Å². The van der Waals surface area contributed by atoms with Crippen molar-refractivity contribution >= 4 is 27.5 Å². The highest BCUT2D eigenvalue weighted by atomic mass is 79.9. The van der Waals surface area contributed by atoms with E-state index in [0.29, 0.717) is 6.04 Å². The molecule has 1 fully saturated rings. The first-order chi connectivity index (χ1) is 9.19. The molecular formula is C15H22BrClN2. The zero-order valence-corrected chi connectivity index (χ0v) is 13.8. The van der Waals surface area contributed by atoms with Crippen LogP contribution in [-0.2, 0) is 6.54 Å². The fourth-order valence-corrected chi connectivity index (χ4v) is 3.17. The molecule has 19 heavy (non-hydrogen) atoms. The van der Waals surface area contributed by atoms with E-state index >= 15 is 0 Å².